The molecular weight excluding hydrogens is 492 g/mol. The van der Waals surface area contributed by atoms with E-state index in [1.807, 2.05) is 0 Å². The van der Waals surface area contributed by atoms with Gasteiger partial charge in [0.05, 0.1) is 25.5 Å². The fourth-order valence-electron chi connectivity index (χ4n) is 6.15. The van der Waals surface area contributed by atoms with E-state index in [4.69, 9.17) is 24.2 Å². The Labute approximate surface area is 231 Å². The molecule has 0 radical (unpaired) electrons. The third kappa shape index (κ3) is 5.35. The van der Waals surface area contributed by atoms with Crippen LogP contribution in [0.2, 0.25) is 0 Å². The minimum Gasteiger partial charge on any atom is -0.497 e. The van der Waals surface area contributed by atoms with E-state index in [9.17, 15) is 0 Å². The first kappa shape index (κ1) is 26.1. The van der Waals surface area contributed by atoms with Crippen molar-refractivity contribution in [2.45, 2.75) is 31.5 Å². The lowest BCUT2D eigenvalue weighted by atomic mass is 10.0. The fraction of sp³-hybridized carbons (Fsp3) is 0.533. The van der Waals surface area contributed by atoms with Crippen molar-refractivity contribution in [3.05, 3.63) is 47.7 Å². The maximum Gasteiger partial charge on any atom is 0.318 e. The molecule has 0 amide bonds. The molecule has 4 heterocycles. The zero-order chi connectivity index (χ0) is 26.9. The molecule has 0 N–H and O–H groups in total. The molecule has 0 unspecified atom stereocenters. The number of likely N-dealkylation sites (N-methyl/N-ethyl adjacent to an activating group) is 2. The van der Waals surface area contributed by atoms with Crippen LogP contribution in [0.3, 0.4) is 0 Å². The van der Waals surface area contributed by atoms with Crippen molar-refractivity contribution >= 4 is 22.3 Å². The highest BCUT2D eigenvalue weighted by molar-refractivity contribution is 5.95. The first-order valence-electron chi connectivity index (χ1n) is 14.0. The van der Waals surface area contributed by atoms with E-state index >= 15 is 0 Å². The van der Waals surface area contributed by atoms with E-state index < -0.39 is 0 Å². The lowest BCUT2D eigenvalue weighted by Crippen LogP contribution is -2.46. The highest BCUT2D eigenvalue weighted by Crippen LogP contribution is 2.36. The Balaban J connectivity index is 1.31. The second-order valence-corrected chi connectivity index (χ2v) is 11.1. The van der Waals surface area contributed by atoms with E-state index in [1.54, 1.807) is 14.2 Å². The number of hydrogen-bond donors (Lipinski definition) is 0. The third-order valence-corrected chi connectivity index (χ3v) is 8.60. The lowest BCUT2D eigenvalue weighted by molar-refractivity contribution is 0.111. The van der Waals surface area contributed by atoms with Crippen LogP contribution >= 0.6 is 0 Å². The van der Waals surface area contributed by atoms with Gasteiger partial charge >= 0.3 is 6.01 Å². The molecule has 0 spiro atoms. The van der Waals surface area contributed by atoms with Gasteiger partial charge in [-0.2, -0.15) is 9.97 Å². The van der Waals surface area contributed by atoms with Crippen LogP contribution < -0.4 is 19.3 Å². The van der Waals surface area contributed by atoms with Crippen LogP contribution in [0.1, 0.15) is 17.7 Å². The highest BCUT2D eigenvalue weighted by Gasteiger charge is 2.31. The second kappa shape index (κ2) is 11.2. The van der Waals surface area contributed by atoms with Gasteiger partial charge < -0.3 is 28.9 Å². The number of anilines is 2. The van der Waals surface area contributed by atoms with Crippen molar-refractivity contribution < 1.29 is 14.2 Å². The van der Waals surface area contributed by atoms with E-state index in [-0.39, 0.29) is 6.10 Å². The van der Waals surface area contributed by atoms with Gasteiger partial charge in [-0.25, -0.2) is 0 Å². The van der Waals surface area contributed by atoms with Crippen LogP contribution in [0.15, 0.2) is 36.4 Å². The number of ether oxygens (including phenoxy) is 3. The number of likely N-dealkylation sites (tertiary alicyclic amines) is 1. The van der Waals surface area contributed by atoms with Gasteiger partial charge in [-0.3, -0.25) is 4.90 Å². The quantitative estimate of drug-likeness (QED) is 0.457. The van der Waals surface area contributed by atoms with Gasteiger partial charge in [-0.05, 0) is 38.4 Å². The molecule has 3 aromatic rings. The van der Waals surface area contributed by atoms with Crippen molar-refractivity contribution in [3.8, 4) is 11.8 Å². The number of rotatable bonds is 7. The molecule has 0 saturated carbocycles. The van der Waals surface area contributed by atoms with Crippen LogP contribution in [0, 0.1) is 0 Å². The molecule has 9 heteroatoms. The van der Waals surface area contributed by atoms with Crippen molar-refractivity contribution in [1.29, 1.82) is 0 Å². The summed E-state index contributed by atoms with van der Waals surface area (Å²) in [5.74, 6) is 1.92. The molecular formula is C30H40N6O3. The smallest absolute Gasteiger partial charge is 0.318 e. The predicted molar refractivity (Wildman–Crippen MR) is 154 cm³/mol. The lowest BCUT2D eigenvalue weighted by Gasteiger charge is -2.37. The summed E-state index contributed by atoms with van der Waals surface area (Å²) in [6.45, 7) is 7.08. The first-order valence-corrected chi connectivity index (χ1v) is 14.0. The molecule has 2 aromatic carbocycles. The summed E-state index contributed by atoms with van der Waals surface area (Å²) in [7, 11) is 7.83. The molecule has 3 aliphatic heterocycles. The Morgan fingerprint density at radius 2 is 1.77 bits per heavy atom. The molecule has 6 rings (SSSR count). The Hall–Kier alpha value is -3.14. The Kier molecular flexibility index (Phi) is 7.47. The van der Waals surface area contributed by atoms with Gasteiger partial charge in [0, 0.05) is 75.1 Å². The van der Waals surface area contributed by atoms with Crippen LogP contribution in [0.25, 0.3) is 10.8 Å². The van der Waals surface area contributed by atoms with Gasteiger partial charge in [-0.1, -0.05) is 24.3 Å². The summed E-state index contributed by atoms with van der Waals surface area (Å²) < 4.78 is 17.6. The normalized spacial score (nSPS) is 22.4. The predicted octanol–water partition coefficient (Wildman–Crippen LogP) is 3.05. The van der Waals surface area contributed by atoms with E-state index in [2.05, 4.69) is 70.1 Å². The molecule has 2 saturated heterocycles. The number of aromatic nitrogens is 2. The molecule has 9 nitrogen and oxygen atoms in total. The van der Waals surface area contributed by atoms with Crippen molar-refractivity contribution in [2.75, 3.05) is 84.0 Å². The molecule has 3 aliphatic rings. The van der Waals surface area contributed by atoms with Crippen LogP contribution in [-0.2, 0) is 17.7 Å². The van der Waals surface area contributed by atoms with Crippen molar-refractivity contribution in [3.63, 3.8) is 0 Å². The van der Waals surface area contributed by atoms with Crippen molar-refractivity contribution in [2.24, 2.45) is 0 Å². The maximum atomic E-state index is 6.32. The average molecular weight is 533 g/mol. The zero-order valence-corrected chi connectivity index (χ0v) is 23.6. The first-order chi connectivity index (χ1) is 19.0. The summed E-state index contributed by atoms with van der Waals surface area (Å²) >= 11 is 0. The largest absolute Gasteiger partial charge is 0.497 e. The van der Waals surface area contributed by atoms with Crippen LogP contribution in [0.4, 0.5) is 11.5 Å². The number of methoxy groups -OCH3 is 2. The average Bonchev–Trinajstić information content (AvgIpc) is 3.34. The topological polar surface area (TPSA) is 66.4 Å². The molecule has 2 fully saturated rings. The maximum absolute atomic E-state index is 6.32. The number of benzene rings is 2. The monoisotopic (exact) mass is 532 g/mol. The van der Waals surface area contributed by atoms with Gasteiger partial charge in [0.25, 0.3) is 0 Å². The second-order valence-electron chi connectivity index (χ2n) is 11.1. The third-order valence-electron chi connectivity index (χ3n) is 8.60. The standard InChI is InChI=1S/C30H40N6O3/c1-33-11-13-35(14-12-33)29-26-9-10-36(28-17-23(37-3)15-21-7-5-6-8-25(21)28)19-27(26)31-30(32-29)39-20-22-16-24(38-4)18-34(22)2/h5-8,15,17,22,24H,9-14,16,18-20H2,1-4H3/t22-,24+/m0/s1. The van der Waals surface area contributed by atoms with E-state index in [1.165, 1.54) is 22.0 Å². The van der Waals surface area contributed by atoms with Gasteiger partial charge in [0.1, 0.15) is 18.2 Å². The molecule has 0 aliphatic carbocycles. The molecule has 1 aromatic heterocycles. The molecule has 39 heavy (non-hydrogen) atoms. The summed E-state index contributed by atoms with van der Waals surface area (Å²) in [6, 6.07) is 13.5. The van der Waals surface area contributed by atoms with E-state index in [0.29, 0.717) is 25.2 Å². The van der Waals surface area contributed by atoms with Crippen LogP contribution in [-0.4, -0.2) is 106 Å². The number of fused-ring (bicyclic) bond motifs is 2. The number of hydrogen-bond acceptors (Lipinski definition) is 9. The minimum absolute atomic E-state index is 0.250. The highest BCUT2D eigenvalue weighted by atomic mass is 16.5. The zero-order valence-electron chi connectivity index (χ0n) is 23.6. The fourth-order valence-corrected chi connectivity index (χ4v) is 6.15. The summed E-state index contributed by atoms with van der Waals surface area (Å²) in [5, 5.41) is 2.40. The van der Waals surface area contributed by atoms with Gasteiger partial charge in [0.15, 0.2) is 0 Å². The SMILES string of the molecule is COc1cc(N2CCc3c(nc(OC[C@@H]4C[C@@H](OC)CN4C)nc3N3CCN(C)CC3)C2)c2ccccc2c1. The van der Waals surface area contributed by atoms with Crippen LogP contribution in [0.5, 0.6) is 11.8 Å². The van der Waals surface area contributed by atoms with Crippen molar-refractivity contribution in [1.82, 2.24) is 19.8 Å². The molecule has 208 valence electrons. The summed E-state index contributed by atoms with van der Waals surface area (Å²) in [4.78, 5) is 19.6. The Bertz CT molecular complexity index is 1310. The van der Waals surface area contributed by atoms with Gasteiger partial charge in [-0.15, -0.1) is 0 Å². The Morgan fingerprint density at radius 1 is 0.949 bits per heavy atom. The Morgan fingerprint density at radius 3 is 2.54 bits per heavy atom. The molecule has 0 bridgehead atoms. The summed E-state index contributed by atoms with van der Waals surface area (Å²) in [6.07, 6.45) is 2.10. The molecule has 2 atom stereocenters. The minimum atomic E-state index is 0.250. The van der Waals surface area contributed by atoms with Gasteiger partial charge in [0.2, 0.25) is 0 Å². The number of piperazine rings is 1. The number of nitrogens with zero attached hydrogens (tertiary/aromatic N) is 6. The summed E-state index contributed by atoms with van der Waals surface area (Å²) in [5.41, 5.74) is 3.49. The van der Waals surface area contributed by atoms with E-state index in [0.717, 1.165) is 69.4 Å².